The highest BCUT2D eigenvalue weighted by atomic mass is 14.7. The van der Waals surface area contributed by atoms with Gasteiger partial charge in [0.15, 0.2) is 0 Å². The van der Waals surface area contributed by atoms with Crippen LogP contribution < -0.4 is 0 Å². The summed E-state index contributed by atoms with van der Waals surface area (Å²) in [5.74, 6) is 0. The molecule has 0 aliphatic carbocycles. The number of benzene rings is 1. The molecule has 1 aromatic heterocycles. The Kier molecular flexibility index (Phi) is 2.26. The lowest BCUT2D eigenvalue weighted by atomic mass is 9.84. The number of rotatable bonds is 0. The molecular weight excluding hydrogens is 182 g/mol. The van der Waals surface area contributed by atoms with Gasteiger partial charge in [0, 0.05) is 11.6 Å². The van der Waals surface area contributed by atoms with Crippen LogP contribution in [0.3, 0.4) is 0 Å². The maximum atomic E-state index is 4.49. The van der Waals surface area contributed by atoms with Crippen molar-refractivity contribution in [2.24, 2.45) is 0 Å². The van der Waals surface area contributed by atoms with E-state index in [9.17, 15) is 0 Å². The molecule has 0 spiro atoms. The van der Waals surface area contributed by atoms with Gasteiger partial charge in [-0.05, 0) is 30.0 Å². The van der Waals surface area contributed by atoms with E-state index in [0.29, 0.717) is 0 Å². The molecule has 78 valence electrons. The molecule has 0 aliphatic rings. The van der Waals surface area contributed by atoms with Crippen LogP contribution in [0.15, 0.2) is 30.5 Å². The molecule has 1 nitrogen and oxygen atoms in total. The monoisotopic (exact) mass is 199 g/mol. The second-order valence-electron chi connectivity index (χ2n) is 5.14. The minimum absolute atomic E-state index is 0.151. The lowest BCUT2D eigenvalue weighted by molar-refractivity contribution is 0.594. The van der Waals surface area contributed by atoms with Crippen LogP contribution in [0.4, 0.5) is 0 Å². The van der Waals surface area contributed by atoms with Gasteiger partial charge in [0.05, 0.1) is 5.52 Å². The van der Waals surface area contributed by atoms with Gasteiger partial charge in [-0.2, -0.15) is 0 Å². The van der Waals surface area contributed by atoms with Crippen molar-refractivity contribution in [2.75, 3.05) is 0 Å². The molecule has 0 unspecified atom stereocenters. The van der Waals surface area contributed by atoms with Crippen LogP contribution in [-0.4, -0.2) is 4.98 Å². The zero-order chi connectivity index (χ0) is 11.1. The Morgan fingerprint density at radius 3 is 2.53 bits per heavy atom. The molecule has 1 aromatic carbocycles. The van der Waals surface area contributed by atoms with E-state index in [-0.39, 0.29) is 5.41 Å². The quantitative estimate of drug-likeness (QED) is 0.628. The van der Waals surface area contributed by atoms with Gasteiger partial charge in [0.2, 0.25) is 0 Å². The van der Waals surface area contributed by atoms with Gasteiger partial charge >= 0.3 is 0 Å². The second kappa shape index (κ2) is 3.34. The van der Waals surface area contributed by atoms with Gasteiger partial charge in [0.25, 0.3) is 0 Å². The number of pyridine rings is 1. The summed E-state index contributed by atoms with van der Waals surface area (Å²) in [6.45, 7) is 8.84. The molecule has 0 saturated carbocycles. The lowest BCUT2D eigenvalue weighted by Crippen LogP contribution is -2.12. The Labute approximate surface area is 91.2 Å². The molecule has 2 rings (SSSR count). The lowest BCUT2D eigenvalue weighted by Gasteiger charge is -2.21. The van der Waals surface area contributed by atoms with E-state index in [4.69, 9.17) is 0 Å². The van der Waals surface area contributed by atoms with E-state index in [0.717, 1.165) is 5.52 Å². The van der Waals surface area contributed by atoms with E-state index < -0.39 is 0 Å². The topological polar surface area (TPSA) is 12.9 Å². The number of aromatic nitrogens is 1. The van der Waals surface area contributed by atoms with Gasteiger partial charge in [-0.3, -0.25) is 4.98 Å². The van der Waals surface area contributed by atoms with Crippen molar-refractivity contribution < 1.29 is 0 Å². The molecular formula is C14H17N. The molecule has 2 aromatic rings. The van der Waals surface area contributed by atoms with Crippen molar-refractivity contribution in [1.29, 1.82) is 0 Å². The second-order valence-corrected chi connectivity index (χ2v) is 5.14. The minimum Gasteiger partial charge on any atom is -0.256 e. The molecule has 0 fully saturated rings. The number of aryl methyl sites for hydroxylation is 1. The van der Waals surface area contributed by atoms with Gasteiger partial charge in [0.1, 0.15) is 0 Å². The van der Waals surface area contributed by atoms with E-state index in [1.807, 2.05) is 12.3 Å². The fourth-order valence-electron chi connectivity index (χ4n) is 1.91. The molecule has 0 radical (unpaired) electrons. The Hall–Kier alpha value is -1.37. The van der Waals surface area contributed by atoms with Gasteiger partial charge in [-0.25, -0.2) is 0 Å². The summed E-state index contributed by atoms with van der Waals surface area (Å²) in [6, 6.07) is 8.56. The summed E-state index contributed by atoms with van der Waals surface area (Å²) in [4.78, 5) is 4.49. The predicted molar refractivity (Wildman–Crippen MR) is 65.2 cm³/mol. The van der Waals surface area contributed by atoms with E-state index >= 15 is 0 Å². The highest BCUT2D eigenvalue weighted by Gasteiger charge is 2.17. The number of fused-ring (bicyclic) bond motifs is 1. The van der Waals surface area contributed by atoms with Gasteiger partial charge < -0.3 is 0 Å². The zero-order valence-corrected chi connectivity index (χ0v) is 9.83. The van der Waals surface area contributed by atoms with E-state index in [1.165, 1.54) is 16.5 Å². The highest BCUT2D eigenvalue weighted by Crippen LogP contribution is 2.29. The van der Waals surface area contributed by atoms with Crippen molar-refractivity contribution in [3.8, 4) is 0 Å². The van der Waals surface area contributed by atoms with E-state index in [1.54, 1.807) is 0 Å². The van der Waals surface area contributed by atoms with Crippen LogP contribution in [0, 0.1) is 6.92 Å². The number of hydrogen-bond acceptors (Lipinski definition) is 1. The zero-order valence-electron chi connectivity index (χ0n) is 9.83. The summed E-state index contributed by atoms with van der Waals surface area (Å²) >= 11 is 0. The SMILES string of the molecule is Cc1cc(C(C)(C)C)c2ncccc2c1. The Bertz CT molecular complexity index is 492. The Morgan fingerprint density at radius 1 is 1.13 bits per heavy atom. The van der Waals surface area contributed by atoms with Crippen LogP contribution in [0.25, 0.3) is 10.9 Å². The molecule has 0 amide bonds. The maximum absolute atomic E-state index is 4.49. The first-order valence-corrected chi connectivity index (χ1v) is 5.34. The third-order valence-electron chi connectivity index (χ3n) is 2.66. The number of hydrogen-bond donors (Lipinski definition) is 0. The van der Waals surface area contributed by atoms with Crippen LogP contribution in [0.5, 0.6) is 0 Å². The molecule has 15 heavy (non-hydrogen) atoms. The third kappa shape index (κ3) is 1.87. The first kappa shape index (κ1) is 10.2. The van der Waals surface area contributed by atoms with Crippen molar-refractivity contribution >= 4 is 10.9 Å². The van der Waals surface area contributed by atoms with Gasteiger partial charge in [-0.1, -0.05) is 38.5 Å². The summed E-state index contributed by atoms with van der Waals surface area (Å²) < 4.78 is 0. The van der Waals surface area contributed by atoms with Crippen molar-refractivity contribution in [1.82, 2.24) is 4.98 Å². The first-order chi connectivity index (χ1) is 6.98. The highest BCUT2D eigenvalue weighted by molar-refractivity contribution is 5.83. The number of nitrogens with zero attached hydrogens (tertiary/aromatic N) is 1. The molecule has 0 atom stereocenters. The van der Waals surface area contributed by atoms with Crippen molar-refractivity contribution in [2.45, 2.75) is 33.1 Å². The molecule has 1 heteroatoms. The summed E-state index contributed by atoms with van der Waals surface area (Å²) in [7, 11) is 0. The standard InChI is InChI=1S/C14H17N/c1-10-8-11-6-5-7-15-13(11)12(9-10)14(2,3)4/h5-9H,1-4H3. The summed E-state index contributed by atoms with van der Waals surface area (Å²) in [6.07, 6.45) is 1.87. The van der Waals surface area contributed by atoms with Crippen LogP contribution in [0.2, 0.25) is 0 Å². The molecule has 0 bridgehead atoms. The fourth-order valence-corrected chi connectivity index (χ4v) is 1.91. The van der Waals surface area contributed by atoms with Gasteiger partial charge in [-0.15, -0.1) is 0 Å². The smallest absolute Gasteiger partial charge is 0.0739 e. The minimum atomic E-state index is 0.151. The maximum Gasteiger partial charge on any atom is 0.0739 e. The van der Waals surface area contributed by atoms with Crippen LogP contribution in [0.1, 0.15) is 31.9 Å². The molecule has 1 heterocycles. The summed E-state index contributed by atoms with van der Waals surface area (Å²) in [5.41, 5.74) is 3.92. The fraction of sp³-hybridized carbons (Fsp3) is 0.357. The summed E-state index contributed by atoms with van der Waals surface area (Å²) in [5, 5.41) is 1.24. The average molecular weight is 199 g/mol. The van der Waals surface area contributed by atoms with E-state index in [2.05, 4.69) is 50.9 Å². The Balaban J connectivity index is 2.83. The average Bonchev–Trinajstić information content (AvgIpc) is 2.15. The largest absolute Gasteiger partial charge is 0.256 e. The first-order valence-electron chi connectivity index (χ1n) is 5.34. The third-order valence-corrected chi connectivity index (χ3v) is 2.66. The van der Waals surface area contributed by atoms with Crippen LogP contribution in [-0.2, 0) is 5.41 Å². The molecule has 0 aliphatic heterocycles. The Morgan fingerprint density at radius 2 is 1.87 bits per heavy atom. The van der Waals surface area contributed by atoms with Crippen LogP contribution >= 0.6 is 0 Å². The van der Waals surface area contributed by atoms with Crippen molar-refractivity contribution in [3.63, 3.8) is 0 Å². The molecule has 0 saturated heterocycles. The predicted octanol–water partition coefficient (Wildman–Crippen LogP) is 3.84. The molecule has 0 N–H and O–H groups in total. The normalized spacial score (nSPS) is 12.0. The van der Waals surface area contributed by atoms with Crippen molar-refractivity contribution in [3.05, 3.63) is 41.6 Å².